The zero-order chi connectivity index (χ0) is 13.1. The molecule has 0 fully saturated rings. The molecule has 1 N–H and O–H groups in total. The topological polar surface area (TPSA) is 24.9 Å². The third-order valence-corrected chi connectivity index (χ3v) is 4.57. The Kier molecular flexibility index (Phi) is 3.62. The Morgan fingerprint density at radius 2 is 2.00 bits per heavy atom. The predicted octanol–water partition coefficient (Wildman–Crippen LogP) is 4.79. The minimum Gasteiger partial charge on any atom is -0.379 e. The van der Waals surface area contributed by atoms with Gasteiger partial charge in [-0.2, -0.15) is 0 Å². The van der Waals surface area contributed by atoms with Gasteiger partial charge in [0.1, 0.15) is 0 Å². The van der Waals surface area contributed by atoms with Crippen LogP contribution in [-0.4, -0.2) is 4.98 Å². The van der Waals surface area contributed by atoms with Crippen LogP contribution in [0.25, 0.3) is 10.4 Å². The number of aromatic nitrogens is 1. The number of nitrogens with one attached hydrogen (secondary N) is 1. The highest BCUT2D eigenvalue weighted by Crippen LogP contribution is 2.31. The van der Waals surface area contributed by atoms with E-state index in [2.05, 4.69) is 57.5 Å². The van der Waals surface area contributed by atoms with Gasteiger partial charge in [-0.25, -0.2) is 4.98 Å². The van der Waals surface area contributed by atoms with Crippen molar-refractivity contribution in [2.24, 2.45) is 0 Å². The highest BCUT2D eigenvalue weighted by Gasteiger charge is 2.05. The maximum atomic E-state index is 4.48. The minimum atomic E-state index is 0.771. The number of anilines is 1. The van der Waals surface area contributed by atoms with Gasteiger partial charge in [-0.05, 0) is 24.4 Å². The smallest absolute Gasteiger partial charge is 0.0898 e. The molecule has 19 heavy (non-hydrogen) atoms. The fourth-order valence-electron chi connectivity index (χ4n) is 1.96. The molecule has 3 rings (SSSR count). The van der Waals surface area contributed by atoms with E-state index in [4.69, 9.17) is 0 Å². The van der Waals surface area contributed by atoms with E-state index in [1.54, 1.807) is 22.7 Å². The summed E-state index contributed by atoms with van der Waals surface area (Å²) in [4.78, 5) is 5.77. The Morgan fingerprint density at radius 3 is 2.74 bits per heavy atom. The number of thiophene rings is 1. The summed E-state index contributed by atoms with van der Waals surface area (Å²) in [5.41, 5.74) is 3.52. The SMILES string of the molecule is Cc1nc(CNc2ccccc2-c2cccs2)cs1. The molecule has 0 atom stereocenters. The van der Waals surface area contributed by atoms with Crippen LogP contribution >= 0.6 is 22.7 Å². The molecule has 3 aromatic rings. The quantitative estimate of drug-likeness (QED) is 0.745. The summed E-state index contributed by atoms with van der Waals surface area (Å²) in [6.45, 7) is 2.81. The summed E-state index contributed by atoms with van der Waals surface area (Å²) in [7, 11) is 0. The van der Waals surface area contributed by atoms with Gasteiger partial charge in [0.2, 0.25) is 0 Å². The van der Waals surface area contributed by atoms with Crippen molar-refractivity contribution in [2.75, 3.05) is 5.32 Å². The van der Waals surface area contributed by atoms with Crippen LogP contribution < -0.4 is 5.32 Å². The maximum absolute atomic E-state index is 4.48. The average Bonchev–Trinajstić information content (AvgIpc) is 3.08. The standard InChI is InChI=1S/C15H14N2S2/c1-11-17-12(10-19-11)9-16-14-6-3-2-5-13(14)15-7-4-8-18-15/h2-8,10,16H,9H2,1H3. The van der Waals surface area contributed by atoms with Crippen molar-refractivity contribution in [2.45, 2.75) is 13.5 Å². The number of benzene rings is 1. The number of para-hydroxylation sites is 1. The van der Waals surface area contributed by atoms with E-state index < -0.39 is 0 Å². The molecule has 0 saturated carbocycles. The predicted molar refractivity (Wildman–Crippen MR) is 83.9 cm³/mol. The lowest BCUT2D eigenvalue weighted by Crippen LogP contribution is -2.00. The van der Waals surface area contributed by atoms with Gasteiger partial charge in [0, 0.05) is 21.5 Å². The highest BCUT2D eigenvalue weighted by atomic mass is 32.1. The summed E-state index contributed by atoms with van der Waals surface area (Å²) >= 11 is 3.45. The second-order valence-corrected chi connectivity index (χ2v) is 6.24. The van der Waals surface area contributed by atoms with Crippen molar-refractivity contribution in [1.82, 2.24) is 4.98 Å². The Hall–Kier alpha value is -1.65. The molecule has 1 aromatic carbocycles. The lowest BCUT2D eigenvalue weighted by molar-refractivity contribution is 1.06. The van der Waals surface area contributed by atoms with Gasteiger partial charge >= 0.3 is 0 Å². The molecular weight excluding hydrogens is 272 g/mol. The maximum Gasteiger partial charge on any atom is 0.0898 e. The summed E-state index contributed by atoms with van der Waals surface area (Å²) in [6, 6.07) is 12.6. The van der Waals surface area contributed by atoms with Crippen LogP contribution in [0.1, 0.15) is 10.7 Å². The molecule has 0 unspecified atom stereocenters. The number of thiazole rings is 1. The molecule has 0 aliphatic rings. The number of hydrogen-bond acceptors (Lipinski definition) is 4. The minimum absolute atomic E-state index is 0.771. The van der Waals surface area contributed by atoms with E-state index >= 15 is 0 Å². The molecule has 0 amide bonds. The van der Waals surface area contributed by atoms with Gasteiger partial charge in [-0.3, -0.25) is 0 Å². The molecule has 0 spiro atoms. The third kappa shape index (κ3) is 2.85. The van der Waals surface area contributed by atoms with Crippen molar-refractivity contribution in [3.8, 4) is 10.4 Å². The van der Waals surface area contributed by atoms with Crippen molar-refractivity contribution >= 4 is 28.4 Å². The summed E-state index contributed by atoms with van der Waals surface area (Å²) in [5.74, 6) is 0. The van der Waals surface area contributed by atoms with Crippen LogP contribution in [0.3, 0.4) is 0 Å². The van der Waals surface area contributed by atoms with E-state index in [0.29, 0.717) is 0 Å². The van der Waals surface area contributed by atoms with Gasteiger partial charge in [0.25, 0.3) is 0 Å². The molecule has 0 aliphatic carbocycles. The van der Waals surface area contributed by atoms with E-state index in [0.717, 1.165) is 22.9 Å². The van der Waals surface area contributed by atoms with E-state index in [1.165, 1.54) is 10.4 Å². The molecule has 4 heteroatoms. The lowest BCUT2D eigenvalue weighted by atomic mass is 10.1. The average molecular weight is 286 g/mol. The van der Waals surface area contributed by atoms with E-state index in [9.17, 15) is 0 Å². The van der Waals surface area contributed by atoms with Crippen LogP contribution in [0.2, 0.25) is 0 Å². The summed E-state index contributed by atoms with van der Waals surface area (Å²) in [6.07, 6.45) is 0. The summed E-state index contributed by atoms with van der Waals surface area (Å²) < 4.78 is 0. The zero-order valence-electron chi connectivity index (χ0n) is 10.6. The molecule has 0 saturated heterocycles. The Balaban J connectivity index is 1.81. The molecule has 0 aliphatic heterocycles. The van der Waals surface area contributed by atoms with Gasteiger partial charge in [0.05, 0.1) is 17.2 Å². The first-order valence-corrected chi connectivity index (χ1v) is 7.86. The van der Waals surface area contributed by atoms with Crippen molar-refractivity contribution < 1.29 is 0 Å². The molecule has 0 radical (unpaired) electrons. The van der Waals surface area contributed by atoms with E-state index in [-0.39, 0.29) is 0 Å². The first-order valence-electron chi connectivity index (χ1n) is 6.11. The van der Waals surface area contributed by atoms with Crippen LogP contribution in [0, 0.1) is 6.92 Å². The zero-order valence-corrected chi connectivity index (χ0v) is 12.2. The second-order valence-electron chi connectivity index (χ2n) is 4.23. The first-order chi connectivity index (χ1) is 9.33. The fourth-order valence-corrected chi connectivity index (χ4v) is 3.34. The van der Waals surface area contributed by atoms with Gasteiger partial charge in [-0.1, -0.05) is 24.3 Å². The number of hydrogen-bond donors (Lipinski definition) is 1. The molecule has 96 valence electrons. The monoisotopic (exact) mass is 286 g/mol. The third-order valence-electron chi connectivity index (χ3n) is 2.84. The van der Waals surface area contributed by atoms with Gasteiger partial charge in [-0.15, -0.1) is 22.7 Å². The van der Waals surface area contributed by atoms with Crippen LogP contribution in [0.15, 0.2) is 47.2 Å². The molecular formula is C15H14N2S2. The number of nitrogens with zero attached hydrogens (tertiary/aromatic N) is 1. The summed E-state index contributed by atoms with van der Waals surface area (Å²) in [5, 5.41) is 8.81. The molecule has 0 bridgehead atoms. The fraction of sp³-hybridized carbons (Fsp3) is 0.133. The molecule has 2 heterocycles. The van der Waals surface area contributed by atoms with Gasteiger partial charge in [0.15, 0.2) is 0 Å². The van der Waals surface area contributed by atoms with Gasteiger partial charge < -0.3 is 5.32 Å². The van der Waals surface area contributed by atoms with Crippen molar-refractivity contribution in [3.63, 3.8) is 0 Å². The molecule has 2 aromatic heterocycles. The lowest BCUT2D eigenvalue weighted by Gasteiger charge is -2.09. The second kappa shape index (κ2) is 5.55. The van der Waals surface area contributed by atoms with Crippen LogP contribution in [-0.2, 0) is 6.54 Å². The highest BCUT2D eigenvalue weighted by molar-refractivity contribution is 7.13. The Labute approximate surface area is 120 Å². The van der Waals surface area contributed by atoms with Crippen LogP contribution in [0.5, 0.6) is 0 Å². The Bertz CT molecular complexity index is 656. The number of aryl methyl sites for hydroxylation is 1. The Morgan fingerprint density at radius 1 is 1.11 bits per heavy atom. The largest absolute Gasteiger partial charge is 0.379 e. The van der Waals surface area contributed by atoms with Crippen molar-refractivity contribution in [1.29, 1.82) is 0 Å². The first kappa shape index (κ1) is 12.4. The number of rotatable bonds is 4. The normalized spacial score (nSPS) is 10.6. The molecule has 2 nitrogen and oxygen atoms in total. The van der Waals surface area contributed by atoms with Crippen molar-refractivity contribution in [3.05, 3.63) is 57.9 Å². The van der Waals surface area contributed by atoms with Crippen LogP contribution in [0.4, 0.5) is 5.69 Å². The van der Waals surface area contributed by atoms with E-state index in [1.807, 2.05) is 6.92 Å².